The van der Waals surface area contributed by atoms with Gasteiger partial charge in [-0.3, -0.25) is 0 Å². The maximum Gasteiger partial charge on any atom is 0.358 e. The van der Waals surface area contributed by atoms with Gasteiger partial charge < -0.3 is 14.6 Å². The van der Waals surface area contributed by atoms with Crippen molar-refractivity contribution in [2.75, 3.05) is 14.2 Å². The summed E-state index contributed by atoms with van der Waals surface area (Å²) in [5.74, 6) is -0.656. The van der Waals surface area contributed by atoms with E-state index in [1.807, 2.05) is 0 Å². The van der Waals surface area contributed by atoms with Crippen LogP contribution < -0.4 is 4.74 Å². The van der Waals surface area contributed by atoms with Gasteiger partial charge in [-0.2, -0.15) is 0 Å². The van der Waals surface area contributed by atoms with Crippen LogP contribution in [-0.4, -0.2) is 45.3 Å². The molecule has 0 spiro atoms. The number of methoxy groups -OCH3 is 2. The Morgan fingerprint density at radius 2 is 2.20 bits per heavy atom. The van der Waals surface area contributed by atoms with Crippen molar-refractivity contribution in [2.24, 2.45) is 0 Å². The van der Waals surface area contributed by atoms with E-state index in [2.05, 4.69) is 15.3 Å². The summed E-state index contributed by atoms with van der Waals surface area (Å²) in [6.07, 6.45) is 0. The Kier molecular flexibility index (Phi) is 4.26. The Balaban J connectivity index is 2.30. The maximum absolute atomic E-state index is 11.1. The van der Waals surface area contributed by atoms with Gasteiger partial charge in [0.15, 0.2) is 5.69 Å². The van der Waals surface area contributed by atoms with Crippen molar-refractivity contribution in [3.63, 3.8) is 0 Å². The highest BCUT2D eigenvalue weighted by atomic mass is 16.5. The number of pyridine rings is 1. The Morgan fingerprint density at radius 1 is 1.40 bits per heavy atom. The highest BCUT2D eigenvalue weighted by molar-refractivity contribution is 5.86. The van der Waals surface area contributed by atoms with Crippen molar-refractivity contribution in [1.29, 1.82) is 0 Å². The fourth-order valence-corrected chi connectivity index (χ4v) is 1.72. The summed E-state index contributed by atoms with van der Waals surface area (Å²) in [5.41, 5.74) is 0.961. The van der Waals surface area contributed by atoms with E-state index in [9.17, 15) is 4.79 Å². The van der Waals surface area contributed by atoms with Crippen LogP contribution in [0.5, 0.6) is 5.88 Å². The van der Waals surface area contributed by atoms with Gasteiger partial charge in [0, 0.05) is 13.2 Å². The third kappa shape index (κ3) is 2.91. The second kappa shape index (κ2) is 6.11. The van der Waals surface area contributed by atoms with Crippen LogP contribution in [0.25, 0.3) is 0 Å². The number of carbonyl (C=O) groups is 1. The quantitative estimate of drug-likeness (QED) is 0.824. The number of hydrogen-bond donors (Lipinski definition) is 1. The minimum atomic E-state index is -1.14. The maximum atomic E-state index is 11.1. The van der Waals surface area contributed by atoms with Crippen LogP contribution in [0.15, 0.2) is 18.2 Å². The lowest BCUT2D eigenvalue weighted by Gasteiger charge is -2.07. The molecule has 2 aromatic rings. The smallest absolute Gasteiger partial charge is 0.358 e. The zero-order chi connectivity index (χ0) is 14.5. The fourth-order valence-electron chi connectivity index (χ4n) is 1.72. The van der Waals surface area contributed by atoms with Crippen molar-refractivity contribution in [2.45, 2.75) is 13.2 Å². The van der Waals surface area contributed by atoms with E-state index in [1.165, 1.54) is 18.9 Å². The summed E-state index contributed by atoms with van der Waals surface area (Å²) in [6.45, 7) is 0.398. The first-order chi connectivity index (χ1) is 9.65. The summed E-state index contributed by atoms with van der Waals surface area (Å²) in [5, 5.41) is 16.5. The molecule has 0 fully saturated rings. The average molecular weight is 278 g/mol. The molecule has 8 nitrogen and oxygen atoms in total. The van der Waals surface area contributed by atoms with Crippen molar-refractivity contribution in [3.05, 3.63) is 35.3 Å². The Morgan fingerprint density at radius 3 is 2.85 bits per heavy atom. The van der Waals surface area contributed by atoms with Crippen LogP contribution in [0, 0.1) is 0 Å². The van der Waals surface area contributed by atoms with Gasteiger partial charge >= 0.3 is 5.97 Å². The van der Waals surface area contributed by atoms with Gasteiger partial charge in [-0.25, -0.2) is 14.5 Å². The van der Waals surface area contributed by atoms with Gasteiger partial charge in [-0.05, 0) is 6.07 Å². The zero-order valence-corrected chi connectivity index (χ0v) is 11.1. The van der Waals surface area contributed by atoms with Gasteiger partial charge in [0.1, 0.15) is 0 Å². The highest BCUT2D eigenvalue weighted by Gasteiger charge is 2.19. The molecule has 2 heterocycles. The number of ether oxygens (including phenoxy) is 2. The van der Waals surface area contributed by atoms with Crippen LogP contribution >= 0.6 is 0 Å². The van der Waals surface area contributed by atoms with Crippen molar-refractivity contribution in [1.82, 2.24) is 20.0 Å². The fraction of sp³-hybridized carbons (Fsp3) is 0.333. The molecule has 0 aliphatic rings. The molecule has 0 bridgehead atoms. The highest BCUT2D eigenvalue weighted by Crippen LogP contribution is 2.12. The molecule has 0 saturated carbocycles. The van der Waals surface area contributed by atoms with Crippen LogP contribution in [0.4, 0.5) is 0 Å². The minimum Gasteiger partial charge on any atom is -0.481 e. The van der Waals surface area contributed by atoms with E-state index in [1.54, 1.807) is 18.2 Å². The largest absolute Gasteiger partial charge is 0.481 e. The summed E-state index contributed by atoms with van der Waals surface area (Å²) >= 11 is 0. The van der Waals surface area contributed by atoms with Gasteiger partial charge in [0.25, 0.3) is 0 Å². The molecule has 0 saturated heterocycles. The standard InChI is InChI=1S/C12H14N4O4/c1-19-7-9-11(12(17)18)14-15-16(9)6-8-4-3-5-10(13-8)20-2/h3-5H,6-7H2,1-2H3,(H,17,18). The summed E-state index contributed by atoms with van der Waals surface area (Å²) in [7, 11) is 3.01. The Labute approximate surface area is 115 Å². The van der Waals surface area contributed by atoms with Gasteiger partial charge in [-0.15, -0.1) is 5.10 Å². The predicted molar refractivity (Wildman–Crippen MR) is 67.6 cm³/mol. The first kappa shape index (κ1) is 13.9. The molecule has 2 aromatic heterocycles. The number of rotatable bonds is 6. The third-order valence-electron chi connectivity index (χ3n) is 2.62. The molecule has 0 radical (unpaired) electrons. The lowest BCUT2D eigenvalue weighted by Crippen LogP contribution is -2.11. The number of aromatic carboxylic acids is 1. The first-order valence-corrected chi connectivity index (χ1v) is 5.80. The summed E-state index contributed by atoms with van der Waals surface area (Å²) < 4.78 is 11.5. The van der Waals surface area contributed by atoms with Crippen molar-refractivity contribution < 1.29 is 19.4 Å². The van der Waals surface area contributed by atoms with E-state index in [0.717, 1.165) is 0 Å². The van der Waals surface area contributed by atoms with Crippen LogP contribution in [0.2, 0.25) is 0 Å². The molecule has 20 heavy (non-hydrogen) atoms. The zero-order valence-electron chi connectivity index (χ0n) is 11.1. The SMILES string of the molecule is COCc1c(C(=O)O)nnn1Cc1cccc(OC)n1. The van der Waals surface area contributed by atoms with E-state index in [-0.39, 0.29) is 18.8 Å². The molecule has 0 amide bonds. The Bertz CT molecular complexity index is 611. The van der Waals surface area contributed by atoms with Crippen LogP contribution in [0.1, 0.15) is 21.9 Å². The third-order valence-corrected chi connectivity index (χ3v) is 2.62. The molecule has 0 aromatic carbocycles. The summed E-state index contributed by atoms with van der Waals surface area (Å²) in [6, 6.07) is 5.32. The Hall–Kier alpha value is -2.48. The van der Waals surface area contributed by atoms with Gasteiger partial charge in [0.2, 0.25) is 5.88 Å². The van der Waals surface area contributed by atoms with E-state index >= 15 is 0 Å². The normalized spacial score (nSPS) is 10.5. The molecule has 0 unspecified atom stereocenters. The molecule has 2 rings (SSSR count). The molecular formula is C12H14N4O4. The number of aromatic nitrogens is 4. The monoisotopic (exact) mass is 278 g/mol. The first-order valence-electron chi connectivity index (χ1n) is 5.80. The van der Waals surface area contributed by atoms with E-state index < -0.39 is 5.97 Å². The molecule has 0 aliphatic carbocycles. The molecule has 0 atom stereocenters. The lowest BCUT2D eigenvalue weighted by molar-refractivity contribution is 0.0684. The van der Waals surface area contributed by atoms with Gasteiger partial charge in [-0.1, -0.05) is 11.3 Å². The van der Waals surface area contributed by atoms with Gasteiger partial charge in [0.05, 0.1) is 31.6 Å². The minimum absolute atomic E-state index is 0.110. The van der Waals surface area contributed by atoms with Crippen molar-refractivity contribution >= 4 is 5.97 Å². The number of carboxylic acid groups (broad SMARTS) is 1. The number of carboxylic acids is 1. The molecule has 0 aliphatic heterocycles. The summed E-state index contributed by atoms with van der Waals surface area (Å²) in [4.78, 5) is 15.3. The molecule has 1 N–H and O–H groups in total. The number of hydrogen-bond acceptors (Lipinski definition) is 6. The lowest BCUT2D eigenvalue weighted by atomic mass is 10.3. The average Bonchev–Trinajstić information content (AvgIpc) is 2.83. The molecular weight excluding hydrogens is 264 g/mol. The topological polar surface area (TPSA) is 99.4 Å². The van der Waals surface area contributed by atoms with Crippen molar-refractivity contribution in [3.8, 4) is 5.88 Å². The molecule has 106 valence electrons. The number of nitrogens with zero attached hydrogens (tertiary/aromatic N) is 4. The van der Waals surface area contributed by atoms with E-state index in [4.69, 9.17) is 14.6 Å². The second-order valence-corrected chi connectivity index (χ2v) is 3.95. The second-order valence-electron chi connectivity index (χ2n) is 3.95. The van der Waals surface area contributed by atoms with Crippen LogP contribution in [-0.2, 0) is 17.9 Å². The predicted octanol–water partition coefficient (Wildman–Crippen LogP) is 0.575. The molecule has 8 heteroatoms. The van der Waals surface area contributed by atoms with Crippen LogP contribution in [0.3, 0.4) is 0 Å². The van der Waals surface area contributed by atoms with E-state index in [0.29, 0.717) is 17.3 Å².